The first-order valence-electron chi connectivity index (χ1n) is 7.26. The summed E-state index contributed by atoms with van der Waals surface area (Å²) < 4.78 is 0. The number of halogens is 1. The Kier molecular flexibility index (Phi) is 2.42. The molecule has 1 aliphatic carbocycles. The lowest BCUT2D eigenvalue weighted by Crippen LogP contribution is -2.13. The molecule has 0 atom stereocenters. The lowest BCUT2D eigenvalue weighted by Gasteiger charge is -2.19. The van der Waals surface area contributed by atoms with Crippen LogP contribution in [0.1, 0.15) is 16.1 Å². The van der Waals surface area contributed by atoms with E-state index in [0.29, 0.717) is 16.3 Å². The summed E-state index contributed by atoms with van der Waals surface area (Å²) >= 11 is 6.13. The van der Waals surface area contributed by atoms with E-state index in [1.54, 1.807) is 24.4 Å². The molecular weight excluding hydrogens is 308 g/mol. The van der Waals surface area contributed by atoms with Gasteiger partial charge in [0.05, 0.1) is 11.2 Å². The molecule has 0 fully saturated rings. The molecule has 0 unspecified atom stereocenters. The highest BCUT2D eigenvalue weighted by Crippen LogP contribution is 2.40. The van der Waals surface area contributed by atoms with Crippen LogP contribution in [0.15, 0.2) is 54.7 Å². The van der Waals surface area contributed by atoms with Gasteiger partial charge in [-0.2, -0.15) is 0 Å². The SMILES string of the molecule is O=C1c2ccc(Cl)cc2-c2nccc3c2c1nc1ccccc13. The second-order valence-electron chi connectivity index (χ2n) is 5.58. The third-order valence-corrected chi connectivity index (χ3v) is 4.55. The number of para-hydroxylation sites is 1. The van der Waals surface area contributed by atoms with E-state index in [9.17, 15) is 4.79 Å². The molecule has 0 aliphatic heterocycles. The van der Waals surface area contributed by atoms with E-state index in [2.05, 4.69) is 9.97 Å². The maximum absolute atomic E-state index is 12.9. The summed E-state index contributed by atoms with van der Waals surface area (Å²) in [5.74, 6) is -0.0760. The molecule has 2 aromatic carbocycles. The zero-order valence-electron chi connectivity index (χ0n) is 11.9. The highest BCUT2D eigenvalue weighted by atomic mass is 35.5. The minimum absolute atomic E-state index is 0.0760. The van der Waals surface area contributed by atoms with Crippen molar-refractivity contribution in [1.82, 2.24) is 9.97 Å². The Morgan fingerprint density at radius 2 is 1.74 bits per heavy atom. The van der Waals surface area contributed by atoms with Gasteiger partial charge in [-0.15, -0.1) is 0 Å². The fourth-order valence-corrected chi connectivity index (χ4v) is 3.48. The van der Waals surface area contributed by atoms with Crippen molar-refractivity contribution in [2.45, 2.75) is 0 Å². The molecule has 4 aromatic rings. The standard InChI is InChI=1S/C19H9ClN2O/c20-10-5-6-13-14(9-10)17-16-12(7-8-21-17)11-3-1-2-4-15(11)22-18(16)19(13)23/h1-9H. The van der Waals surface area contributed by atoms with Gasteiger partial charge in [-0.1, -0.05) is 29.8 Å². The Balaban J connectivity index is 2.06. The predicted octanol–water partition coefficient (Wildman–Crippen LogP) is 4.65. The van der Waals surface area contributed by atoms with Crippen LogP contribution in [0.25, 0.3) is 32.9 Å². The van der Waals surface area contributed by atoms with Crippen LogP contribution < -0.4 is 0 Å². The summed E-state index contributed by atoms with van der Waals surface area (Å²) in [6.07, 6.45) is 1.77. The number of hydrogen-bond donors (Lipinski definition) is 0. The van der Waals surface area contributed by atoms with Crippen molar-refractivity contribution < 1.29 is 4.79 Å². The van der Waals surface area contributed by atoms with E-state index < -0.39 is 0 Å². The number of hydrogen-bond acceptors (Lipinski definition) is 3. The molecule has 2 aromatic heterocycles. The largest absolute Gasteiger partial charge is 0.287 e. The molecule has 0 bridgehead atoms. The number of carbonyl (C=O) groups is 1. The van der Waals surface area contributed by atoms with Crippen molar-refractivity contribution in [3.63, 3.8) is 0 Å². The number of nitrogens with zero attached hydrogens (tertiary/aromatic N) is 2. The van der Waals surface area contributed by atoms with Crippen LogP contribution in [0.2, 0.25) is 5.02 Å². The second kappa shape index (κ2) is 4.37. The van der Waals surface area contributed by atoms with Crippen molar-refractivity contribution in [1.29, 1.82) is 0 Å². The van der Waals surface area contributed by atoms with E-state index in [1.165, 1.54) is 0 Å². The summed E-state index contributed by atoms with van der Waals surface area (Å²) in [6, 6.07) is 15.1. The average Bonchev–Trinajstić information content (AvgIpc) is 2.59. The van der Waals surface area contributed by atoms with Gasteiger partial charge in [-0.05, 0) is 35.7 Å². The summed E-state index contributed by atoms with van der Waals surface area (Å²) in [5, 5.41) is 3.42. The smallest absolute Gasteiger partial charge is 0.212 e. The normalized spacial score (nSPS) is 12.7. The molecule has 108 valence electrons. The van der Waals surface area contributed by atoms with Gasteiger partial charge in [0, 0.05) is 33.1 Å². The molecule has 0 spiro atoms. The zero-order chi connectivity index (χ0) is 15.6. The zero-order valence-corrected chi connectivity index (χ0v) is 12.6. The highest BCUT2D eigenvalue weighted by molar-refractivity contribution is 6.32. The van der Waals surface area contributed by atoms with Crippen LogP contribution in [-0.2, 0) is 0 Å². The van der Waals surface area contributed by atoms with Gasteiger partial charge in [0.2, 0.25) is 5.78 Å². The maximum Gasteiger partial charge on any atom is 0.212 e. The third-order valence-electron chi connectivity index (χ3n) is 4.31. The molecule has 0 saturated heterocycles. The highest BCUT2D eigenvalue weighted by Gasteiger charge is 2.28. The van der Waals surface area contributed by atoms with Gasteiger partial charge in [-0.3, -0.25) is 9.78 Å². The molecule has 0 N–H and O–H groups in total. The van der Waals surface area contributed by atoms with E-state index in [1.807, 2.05) is 30.3 Å². The molecule has 2 heterocycles. The van der Waals surface area contributed by atoms with Crippen molar-refractivity contribution in [2.24, 2.45) is 0 Å². The van der Waals surface area contributed by atoms with Gasteiger partial charge in [-0.25, -0.2) is 4.98 Å². The Morgan fingerprint density at radius 1 is 0.870 bits per heavy atom. The van der Waals surface area contributed by atoms with E-state index in [-0.39, 0.29) is 5.78 Å². The fourth-order valence-electron chi connectivity index (χ4n) is 3.31. The number of benzene rings is 2. The van der Waals surface area contributed by atoms with Crippen molar-refractivity contribution >= 4 is 39.1 Å². The summed E-state index contributed by atoms with van der Waals surface area (Å²) in [6.45, 7) is 0. The summed E-state index contributed by atoms with van der Waals surface area (Å²) in [4.78, 5) is 22.0. The van der Waals surface area contributed by atoms with Gasteiger partial charge in [0.1, 0.15) is 5.69 Å². The van der Waals surface area contributed by atoms with Crippen molar-refractivity contribution in [3.05, 3.63) is 71.0 Å². The number of aromatic nitrogens is 2. The number of carbonyl (C=O) groups excluding carboxylic acids is 1. The Hall–Kier alpha value is -2.78. The van der Waals surface area contributed by atoms with Crippen LogP contribution >= 0.6 is 11.6 Å². The van der Waals surface area contributed by atoms with E-state index in [4.69, 9.17) is 11.6 Å². The monoisotopic (exact) mass is 316 g/mol. The molecular formula is C19H9ClN2O. The first-order valence-corrected chi connectivity index (χ1v) is 7.64. The minimum atomic E-state index is -0.0760. The van der Waals surface area contributed by atoms with Gasteiger partial charge < -0.3 is 0 Å². The molecule has 1 aliphatic rings. The number of ketones is 1. The van der Waals surface area contributed by atoms with Crippen molar-refractivity contribution in [2.75, 3.05) is 0 Å². The summed E-state index contributed by atoms with van der Waals surface area (Å²) in [7, 11) is 0. The number of fused-ring (bicyclic) bond motifs is 4. The lowest BCUT2D eigenvalue weighted by atomic mass is 9.87. The van der Waals surface area contributed by atoms with E-state index in [0.717, 1.165) is 32.9 Å². The molecule has 0 radical (unpaired) electrons. The molecule has 0 amide bonds. The minimum Gasteiger partial charge on any atom is -0.287 e. The van der Waals surface area contributed by atoms with Crippen LogP contribution in [0, 0.1) is 0 Å². The molecule has 5 rings (SSSR count). The molecule has 4 heteroatoms. The Bertz CT molecular complexity index is 1150. The maximum atomic E-state index is 12.9. The summed E-state index contributed by atoms with van der Waals surface area (Å²) in [5.41, 5.74) is 3.43. The molecule has 3 nitrogen and oxygen atoms in total. The van der Waals surface area contributed by atoms with E-state index >= 15 is 0 Å². The van der Waals surface area contributed by atoms with Crippen LogP contribution in [-0.4, -0.2) is 15.8 Å². The third kappa shape index (κ3) is 1.63. The first-order chi connectivity index (χ1) is 11.2. The van der Waals surface area contributed by atoms with Crippen molar-refractivity contribution in [3.8, 4) is 11.3 Å². The predicted molar refractivity (Wildman–Crippen MR) is 90.9 cm³/mol. The number of rotatable bonds is 0. The Labute approximate surface area is 136 Å². The van der Waals surface area contributed by atoms with Gasteiger partial charge in [0.15, 0.2) is 0 Å². The molecule has 23 heavy (non-hydrogen) atoms. The second-order valence-corrected chi connectivity index (χ2v) is 6.02. The van der Waals surface area contributed by atoms with Crippen LogP contribution in [0.5, 0.6) is 0 Å². The lowest BCUT2D eigenvalue weighted by molar-refractivity contribution is 0.103. The fraction of sp³-hybridized carbons (Fsp3) is 0. The van der Waals surface area contributed by atoms with Crippen LogP contribution in [0.3, 0.4) is 0 Å². The Morgan fingerprint density at radius 3 is 2.65 bits per heavy atom. The van der Waals surface area contributed by atoms with Gasteiger partial charge >= 0.3 is 0 Å². The van der Waals surface area contributed by atoms with Gasteiger partial charge in [0.25, 0.3) is 0 Å². The number of pyridine rings is 2. The van der Waals surface area contributed by atoms with Crippen LogP contribution in [0.4, 0.5) is 0 Å². The first kappa shape index (κ1) is 12.7. The average molecular weight is 317 g/mol. The topological polar surface area (TPSA) is 42.9 Å². The molecule has 0 saturated carbocycles. The quantitative estimate of drug-likeness (QED) is 0.391.